The van der Waals surface area contributed by atoms with Gasteiger partial charge in [0.15, 0.2) is 0 Å². The van der Waals surface area contributed by atoms with Gasteiger partial charge < -0.3 is 9.84 Å². The summed E-state index contributed by atoms with van der Waals surface area (Å²) in [6.07, 6.45) is 1.55. The Bertz CT molecular complexity index is 246. The van der Waals surface area contributed by atoms with E-state index in [4.69, 9.17) is 16.3 Å². The molecule has 0 spiro atoms. The van der Waals surface area contributed by atoms with E-state index >= 15 is 0 Å². The third-order valence-electron chi connectivity index (χ3n) is 2.73. The number of rotatable bonds is 3. The zero-order valence-corrected chi connectivity index (χ0v) is 9.37. The van der Waals surface area contributed by atoms with Crippen molar-refractivity contribution in [1.82, 2.24) is 0 Å². The van der Waals surface area contributed by atoms with Crippen molar-refractivity contribution < 1.29 is 19.4 Å². The minimum Gasteiger partial charge on any atom is -0.463 e. The van der Waals surface area contributed by atoms with Crippen LogP contribution in [0, 0.1) is 5.92 Å². The third kappa shape index (κ3) is 3.80. The summed E-state index contributed by atoms with van der Waals surface area (Å²) in [6, 6.07) is 0. The van der Waals surface area contributed by atoms with Crippen LogP contribution < -0.4 is 0 Å². The summed E-state index contributed by atoms with van der Waals surface area (Å²) in [5.41, 5.74) is 0. The normalized spacial score (nSPS) is 28.2. The Morgan fingerprint density at radius 2 is 1.87 bits per heavy atom. The molecule has 1 rings (SSSR count). The van der Waals surface area contributed by atoms with E-state index < -0.39 is 11.3 Å². The summed E-state index contributed by atoms with van der Waals surface area (Å²) in [6.45, 7) is 1.38. The van der Waals surface area contributed by atoms with Crippen molar-refractivity contribution in [2.24, 2.45) is 5.92 Å². The van der Waals surface area contributed by atoms with E-state index in [9.17, 15) is 14.7 Å². The van der Waals surface area contributed by atoms with Crippen molar-refractivity contribution in [3.8, 4) is 0 Å². The van der Waals surface area contributed by atoms with Gasteiger partial charge >= 0.3 is 5.97 Å². The van der Waals surface area contributed by atoms with E-state index in [0.717, 1.165) is 0 Å². The lowest BCUT2D eigenvalue weighted by Gasteiger charge is -2.29. The Morgan fingerprint density at radius 1 is 1.33 bits per heavy atom. The van der Waals surface area contributed by atoms with Gasteiger partial charge in [0.2, 0.25) is 5.24 Å². The molecule has 0 heterocycles. The van der Waals surface area contributed by atoms with Crippen LogP contribution >= 0.6 is 11.6 Å². The van der Waals surface area contributed by atoms with Crippen LogP contribution in [0.15, 0.2) is 0 Å². The molecule has 0 aromatic heterocycles. The molecule has 1 N–H and O–H groups in total. The van der Waals surface area contributed by atoms with Gasteiger partial charge in [-0.25, -0.2) is 0 Å². The Morgan fingerprint density at radius 3 is 2.27 bits per heavy atom. The standard InChI is InChI=1S/C10H15ClO4/c1-6(12)15-8-4-2-7(3-5-8)9(13)10(11)14/h7-9,13H,2-5H2,1H3/t7?,8?,9-/m0/s1. The molecule has 86 valence electrons. The van der Waals surface area contributed by atoms with Crippen LogP contribution in [-0.2, 0) is 14.3 Å². The summed E-state index contributed by atoms with van der Waals surface area (Å²) in [5.74, 6) is -0.380. The minimum atomic E-state index is -1.08. The first-order valence-electron chi connectivity index (χ1n) is 5.05. The van der Waals surface area contributed by atoms with E-state index in [0.29, 0.717) is 25.7 Å². The first-order chi connectivity index (χ1) is 7.00. The highest BCUT2D eigenvalue weighted by Gasteiger charge is 2.30. The number of aliphatic hydroxyl groups excluding tert-OH is 1. The summed E-state index contributed by atoms with van der Waals surface area (Å²) in [5, 5.41) is 8.73. The van der Waals surface area contributed by atoms with Crippen molar-refractivity contribution in [2.75, 3.05) is 0 Å². The molecular formula is C10H15ClO4. The van der Waals surface area contributed by atoms with E-state index in [1.165, 1.54) is 6.92 Å². The van der Waals surface area contributed by atoms with Crippen molar-refractivity contribution >= 4 is 22.8 Å². The fourth-order valence-electron chi connectivity index (χ4n) is 1.94. The average Bonchev–Trinajstić information content (AvgIpc) is 2.17. The number of carbonyl (C=O) groups excluding carboxylic acids is 2. The van der Waals surface area contributed by atoms with Crippen LogP contribution in [0.4, 0.5) is 0 Å². The molecule has 15 heavy (non-hydrogen) atoms. The molecule has 0 radical (unpaired) electrons. The first-order valence-corrected chi connectivity index (χ1v) is 5.43. The Labute approximate surface area is 93.6 Å². The molecular weight excluding hydrogens is 220 g/mol. The zero-order chi connectivity index (χ0) is 11.4. The second kappa shape index (κ2) is 5.47. The Hall–Kier alpha value is -0.610. The van der Waals surface area contributed by atoms with Gasteiger partial charge in [-0.3, -0.25) is 9.59 Å². The molecule has 0 aromatic rings. The molecule has 1 fully saturated rings. The van der Waals surface area contributed by atoms with Gasteiger partial charge in [-0.15, -0.1) is 0 Å². The summed E-state index contributed by atoms with van der Waals surface area (Å²) >= 11 is 5.21. The van der Waals surface area contributed by atoms with Crippen LogP contribution in [0.25, 0.3) is 0 Å². The maximum atomic E-state index is 10.7. The fraction of sp³-hybridized carbons (Fsp3) is 0.800. The first kappa shape index (κ1) is 12.5. The largest absolute Gasteiger partial charge is 0.463 e. The second-order valence-corrected chi connectivity index (χ2v) is 4.27. The minimum absolute atomic E-state index is 0.0728. The molecule has 0 aromatic carbocycles. The maximum Gasteiger partial charge on any atom is 0.302 e. The molecule has 0 aliphatic heterocycles. The summed E-state index contributed by atoms with van der Waals surface area (Å²) < 4.78 is 5.04. The lowest BCUT2D eigenvalue weighted by Crippen LogP contribution is -2.32. The van der Waals surface area contributed by atoms with Crippen molar-refractivity contribution in [2.45, 2.75) is 44.8 Å². The molecule has 0 saturated heterocycles. The number of hydrogen-bond donors (Lipinski definition) is 1. The number of aliphatic hydroxyl groups is 1. The van der Waals surface area contributed by atoms with Gasteiger partial charge in [0.05, 0.1) is 0 Å². The SMILES string of the molecule is CC(=O)OC1CCC([C@H](O)C(=O)Cl)CC1. The second-order valence-electron chi connectivity index (χ2n) is 3.90. The molecule has 0 bridgehead atoms. The topological polar surface area (TPSA) is 63.6 Å². The van der Waals surface area contributed by atoms with Crippen LogP contribution in [0.5, 0.6) is 0 Å². The molecule has 0 amide bonds. The van der Waals surface area contributed by atoms with Gasteiger partial charge in [-0.1, -0.05) is 0 Å². The number of esters is 1. The predicted octanol–water partition coefficient (Wildman–Crippen LogP) is 1.23. The van der Waals surface area contributed by atoms with Gasteiger partial charge in [-0.2, -0.15) is 0 Å². The van der Waals surface area contributed by atoms with Gasteiger partial charge in [0.25, 0.3) is 0 Å². The van der Waals surface area contributed by atoms with Crippen molar-refractivity contribution in [3.63, 3.8) is 0 Å². The molecule has 1 saturated carbocycles. The molecule has 1 aliphatic carbocycles. The third-order valence-corrected chi connectivity index (χ3v) is 2.95. The smallest absolute Gasteiger partial charge is 0.302 e. The molecule has 5 heteroatoms. The van der Waals surface area contributed by atoms with E-state index in [2.05, 4.69) is 0 Å². The Balaban J connectivity index is 2.35. The number of halogens is 1. The molecule has 1 aliphatic rings. The lowest BCUT2D eigenvalue weighted by molar-refractivity contribution is -0.149. The Kier molecular flexibility index (Phi) is 4.54. The molecule has 0 unspecified atom stereocenters. The van der Waals surface area contributed by atoms with Crippen molar-refractivity contribution in [3.05, 3.63) is 0 Å². The quantitative estimate of drug-likeness (QED) is 0.589. The highest BCUT2D eigenvalue weighted by atomic mass is 35.5. The highest BCUT2D eigenvalue weighted by Crippen LogP contribution is 2.29. The fourth-order valence-corrected chi connectivity index (χ4v) is 2.12. The average molecular weight is 235 g/mol. The van der Waals surface area contributed by atoms with Crippen LogP contribution in [0.2, 0.25) is 0 Å². The van der Waals surface area contributed by atoms with Crippen LogP contribution in [-0.4, -0.2) is 28.5 Å². The van der Waals surface area contributed by atoms with E-state index in [-0.39, 0.29) is 18.0 Å². The highest BCUT2D eigenvalue weighted by molar-refractivity contribution is 6.64. The van der Waals surface area contributed by atoms with Gasteiger partial charge in [0.1, 0.15) is 12.2 Å². The van der Waals surface area contributed by atoms with E-state index in [1.54, 1.807) is 0 Å². The van der Waals surface area contributed by atoms with Gasteiger partial charge in [0, 0.05) is 6.92 Å². The van der Waals surface area contributed by atoms with E-state index in [1.807, 2.05) is 0 Å². The monoisotopic (exact) mass is 234 g/mol. The maximum absolute atomic E-state index is 10.7. The zero-order valence-electron chi connectivity index (χ0n) is 8.61. The number of hydrogen-bond acceptors (Lipinski definition) is 4. The lowest BCUT2D eigenvalue weighted by atomic mass is 9.84. The summed E-state index contributed by atoms with van der Waals surface area (Å²) in [4.78, 5) is 21.4. The summed E-state index contributed by atoms with van der Waals surface area (Å²) in [7, 11) is 0. The number of carbonyl (C=O) groups is 2. The van der Waals surface area contributed by atoms with Crippen LogP contribution in [0.3, 0.4) is 0 Å². The predicted molar refractivity (Wildman–Crippen MR) is 54.4 cm³/mol. The van der Waals surface area contributed by atoms with Gasteiger partial charge in [-0.05, 0) is 43.2 Å². The molecule has 4 nitrogen and oxygen atoms in total. The van der Waals surface area contributed by atoms with Crippen LogP contribution in [0.1, 0.15) is 32.6 Å². The number of ether oxygens (including phenoxy) is 1. The van der Waals surface area contributed by atoms with Crippen molar-refractivity contribution in [1.29, 1.82) is 0 Å². The molecule has 1 atom stereocenters.